The third-order valence-corrected chi connectivity index (χ3v) is 3.36. The van der Waals surface area contributed by atoms with E-state index < -0.39 is 0 Å². The van der Waals surface area contributed by atoms with Crippen LogP contribution in [0.5, 0.6) is 0 Å². The van der Waals surface area contributed by atoms with Gasteiger partial charge in [0, 0.05) is 11.7 Å². The van der Waals surface area contributed by atoms with Crippen LogP contribution in [0.2, 0.25) is 0 Å². The van der Waals surface area contributed by atoms with Crippen molar-refractivity contribution in [3.05, 3.63) is 29.6 Å². The maximum Gasteiger partial charge on any atom is 0.229 e. The molecule has 0 aliphatic heterocycles. The topological polar surface area (TPSA) is 55.1 Å². The molecule has 92 valence electrons. The number of benzene rings is 1. The first kappa shape index (κ1) is 12.0. The molecule has 0 bridgehead atoms. The van der Waals surface area contributed by atoms with Gasteiger partial charge in [-0.05, 0) is 37.5 Å². The average Bonchev–Trinajstić information content (AvgIpc) is 2.70. The molecule has 1 amide bonds. The Hall–Kier alpha value is -1.42. The number of hydrogen-bond donors (Lipinski definition) is 2. The van der Waals surface area contributed by atoms with E-state index in [9.17, 15) is 9.18 Å². The molecule has 1 aromatic carbocycles. The summed E-state index contributed by atoms with van der Waals surface area (Å²) < 4.78 is 13.1. The second-order valence-corrected chi connectivity index (χ2v) is 4.65. The lowest BCUT2D eigenvalue weighted by Gasteiger charge is -2.16. The van der Waals surface area contributed by atoms with E-state index in [1.54, 1.807) is 6.07 Å². The predicted octanol–water partition coefficient (Wildman–Crippen LogP) is 2.20. The van der Waals surface area contributed by atoms with Crippen molar-refractivity contribution in [2.45, 2.75) is 32.2 Å². The molecular weight excluding hydrogens is 219 g/mol. The number of nitrogens with two attached hydrogens (primary N) is 1. The summed E-state index contributed by atoms with van der Waals surface area (Å²) in [5, 5.41) is 2.76. The van der Waals surface area contributed by atoms with E-state index in [1.165, 1.54) is 12.1 Å². The minimum absolute atomic E-state index is 0.0659. The maximum atomic E-state index is 13.1. The van der Waals surface area contributed by atoms with Gasteiger partial charge in [-0.3, -0.25) is 4.79 Å². The van der Waals surface area contributed by atoms with Gasteiger partial charge in [-0.25, -0.2) is 4.39 Å². The Morgan fingerprint density at radius 3 is 2.88 bits per heavy atom. The third-order valence-electron chi connectivity index (χ3n) is 3.36. The normalized spacial score (nSPS) is 23.7. The molecule has 0 radical (unpaired) electrons. The van der Waals surface area contributed by atoms with Gasteiger partial charge in [0.15, 0.2) is 0 Å². The largest absolute Gasteiger partial charge is 0.327 e. The first-order chi connectivity index (χ1) is 8.08. The predicted molar refractivity (Wildman–Crippen MR) is 65.1 cm³/mol. The van der Waals surface area contributed by atoms with Crippen molar-refractivity contribution in [3.8, 4) is 0 Å². The standard InChI is InChI=1S/C13H17FN2O/c1-8-5-6-9(14)7-12(8)16-13(17)10-3-2-4-11(10)15/h5-7,10-11H,2-4,15H2,1H3,(H,16,17). The lowest BCUT2D eigenvalue weighted by molar-refractivity contribution is -0.120. The van der Waals surface area contributed by atoms with Gasteiger partial charge in [-0.1, -0.05) is 12.5 Å². The molecule has 0 heterocycles. The second-order valence-electron chi connectivity index (χ2n) is 4.65. The Morgan fingerprint density at radius 1 is 1.47 bits per heavy atom. The summed E-state index contributed by atoms with van der Waals surface area (Å²) in [6, 6.07) is 4.31. The molecule has 0 saturated heterocycles. The fourth-order valence-corrected chi connectivity index (χ4v) is 2.27. The molecule has 0 aromatic heterocycles. The van der Waals surface area contributed by atoms with Gasteiger partial charge < -0.3 is 11.1 Å². The number of anilines is 1. The van der Waals surface area contributed by atoms with Gasteiger partial charge in [-0.15, -0.1) is 0 Å². The van der Waals surface area contributed by atoms with E-state index in [2.05, 4.69) is 5.32 Å². The van der Waals surface area contributed by atoms with Crippen LogP contribution in [0.3, 0.4) is 0 Å². The van der Waals surface area contributed by atoms with Crippen molar-refractivity contribution >= 4 is 11.6 Å². The van der Waals surface area contributed by atoms with Crippen molar-refractivity contribution in [1.82, 2.24) is 0 Å². The fourth-order valence-electron chi connectivity index (χ4n) is 2.27. The van der Waals surface area contributed by atoms with Gasteiger partial charge in [0.2, 0.25) is 5.91 Å². The van der Waals surface area contributed by atoms with Gasteiger partial charge in [0.1, 0.15) is 5.82 Å². The highest BCUT2D eigenvalue weighted by molar-refractivity contribution is 5.93. The number of aryl methyl sites for hydroxylation is 1. The smallest absolute Gasteiger partial charge is 0.229 e. The van der Waals surface area contributed by atoms with Crippen LogP contribution in [0.25, 0.3) is 0 Å². The molecule has 1 aliphatic carbocycles. The lowest BCUT2D eigenvalue weighted by atomic mass is 10.0. The number of halogens is 1. The van der Waals surface area contributed by atoms with E-state index in [0.717, 1.165) is 24.8 Å². The number of carbonyl (C=O) groups excluding carboxylic acids is 1. The summed E-state index contributed by atoms with van der Waals surface area (Å²) in [5.41, 5.74) is 7.26. The summed E-state index contributed by atoms with van der Waals surface area (Å²) in [5.74, 6) is -0.581. The highest BCUT2D eigenvalue weighted by Crippen LogP contribution is 2.26. The van der Waals surface area contributed by atoms with E-state index in [-0.39, 0.29) is 23.7 Å². The van der Waals surface area contributed by atoms with Crippen LogP contribution in [0.1, 0.15) is 24.8 Å². The first-order valence-corrected chi connectivity index (χ1v) is 5.90. The molecule has 2 atom stereocenters. The van der Waals surface area contributed by atoms with E-state index in [0.29, 0.717) is 5.69 Å². The Bertz CT molecular complexity index is 433. The highest BCUT2D eigenvalue weighted by atomic mass is 19.1. The zero-order valence-corrected chi connectivity index (χ0v) is 9.87. The summed E-state index contributed by atoms with van der Waals surface area (Å²) in [7, 11) is 0. The lowest BCUT2D eigenvalue weighted by Crippen LogP contribution is -2.34. The summed E-state index contributed by atoms with van der Waals surface area (Å²) in [4.78, 5) is 12.0. The molecule has 3 N–H and O–H groups in total. The Kier molecular flexibility index (Phi) is 3.43. The summed E-state index contributed by atoms with van der Waals surface area (Å²) in [6.07, 6.45) is 2.70. The molecule has 3 nitrogen and oxygen atoms in total. The molecule has 1 saturated carbocycles. The first-order valence-electron chi connectivity index (χ1n) is 5.90. The molecule has 1 aliphatic rings. The second kappa shape index (κ2) is 4.84. The van der Waals surface area contributed by atoms with Crippen LogP contribution in [0.15, 0.2) is 18.2 Å². The van der Waals surface area contributed by atoms with Crippen LogP contribution in [-0.2, 0) is 4.79 Å². The van der Waals surface area contributed by atoms with Crippen LogP contribution < -0.4 is 11.1 Å². The molecular formula is C13H17FN2O. The van der Waals surface area contributed by atoms with Crippen LogP contribution in [-0.4, -0.2) is 11.9 Å². The fraction of sp³-hybridized carbons (Fsp3) is 0.462. The minimum atomic E-state index is -0.346. The van der Waals surface area contributed by atoms with E-state index in [4.69, 9.17) is 5.73 Å². The Balaban J connectivity index is 2.10. The molecule has 1 fully saturated rings. The summed E-state index contributed by atoms with van der Waals surface area (Å²) in [6.45, 7) is 1.84. The monoisotopic (exact) mass is 236 g/mol. The van der Waals surface area contributed by atoms with Gasteiger partial charge in [0.05, 0.1) is 5.92 Å². The van der Waals surface area contributed by atoms with Crippen LogP contribution in [0, 0.1) is 18.7 Å². The molecule has 0 spiro atoms. The van der Waals surface area contributed by atoms with Gasteiger partial charge in [-0.2, -0.15) is 0 Å². The Labute approximate surface area is 100 Å². The van der Waals surface area contributed by atoms with Crippen LogP contribution >= 0.6 is 0 Å². The number of carbonyl (C=O) groups is 1. The zero-order chi connectivity index (χ0) is 12.4. The van der Waals surface area contributed by atoms with Gasteiger partial charge >= 0.3 is 0 Å². The number of nitrogens with one attached hydrogen (secondary N) is 1. The third kappa shape index (κ3) is 2.64. The van der Waals surface area contributed by atoms with E-state index in [1.807, 2.05) is 6.92 Å². The van der Waals surface area contributed by atoms with Gasteiger partial charge in [0.25, 0.3) is 0 Å². The van der Waals surface area contributed by atoms with Crippen molar-refractivity contribution in [2.75, 3.05) is 5.32 Å². The quantitative estimate of drug-likeness (QED) is 0.827. The molecule has 2 rings (SSSR count). The molecule has 1 aromatic rings. The minimum Gasteiger partial charge on any atom is -0.327 e. The van der Waals surface area contributed by atoms with Crippen molar-refractivity contribution < 1.29 is 9.18 Å². The maximum absolute atomic E-state index is 13.1. The van der Waals surface area contributed by atoms with Crippen molar-refractivity contribution in [3.63, 3.8) is 0 Å². The molecule has 17 heavy (non-hydrogen) atoms. The average molecular weight is 236 g/mol. The van der Waals surface area contributed by atoms with Crippen LogP contribution in [0.4, 0.5) is 10.1 Å². The molecule has 2 unspecified atom stereocenters. The Morgan fingerprint density at radius 2 is 2.24 bits per heavy atom. The van der Waals surface area contributed by atoms with Crippen molar-refractivity contribution in [1.29, 1.82) is 0 Å². The number of rotatable bonds is 2. The SMILES string of the molecule is Cc1ccc(F)cc1NC(=O)C1CCCC1N. The van der Waals surface area contributed by atoms with E-state index >= 15 is 0 Å². The van der Waals surface area contributed by atoms with Crippen molar-refractivity contribution in [2.24, 2.45) is 11.7 Å². The summed E-state index contributed by atoms with van der Waals surface area (Å²) >= 11 is 0. The number of hydrogen-bond acceptors (Lipinski definition) is 2. The number of amides is 1. The zero-order valence-electron chi connectivity index (χ0n) is 9.87. The highest BCUT2D eigenvalue weighted by Gasteiger charge is 2.30. The molecule has 4 heteroatoms.